The lowest BCUT2D eigenvalue weighted by atomic mass is 9.77. The van der Waals surface area contributed by atoms with E-state index in [9.17, 15) is 0 Å². The molecule has 1 aliphatic carbocycles. The predicted molar refractivity (Wildman–Crippen MR) is 82.1 cm³/mol. The van der Waals surface area contributed by atoms with Crippen LogP contribution in [0, 0.1) is 12.3 Å². The molecule has 19 heavy (non-hydrogen) atoms. The predicted octanol–water partition coefficient (Wildman–Crippen LogP) is 5.64. The third-order valence-electron chi connectivity index (χ3n) is 4.58. The molecule has 2 heteroatoms. The summed E-state index contributed by atoms with van der Waals surface area (Å²) in [4.78, 5) is 0. The third-order valence-corrected chi connectivity index (χ3v) is 5.28. The largest absolute Gasteiger partial charge is 0.494 e. The van der Waals surface area contributed by atoms with Crippen LogP contribution in [0.5, 0.6) is 5.75 Å². The number of benzene rings is 1. The normalized spacial score (nSPS) is 19.4. The smallest absolute Gasteiger partial charge is 0.124 e. The van der Waals surface area contributed by atoms with Gasteiger partial charge in [-0.05, 0) is 44.6 Å². The van der Waals surface area contributed by atoms with Crippen molar-refractivity contribution in [3.05, 3.63) is 29.3 Å². The molecule has 2 rings (SSSR count). The van der Waals surface area contributed by atoms with Gasteiger partial charge in [-0.15, -0.1) is 11.6 Å². The summed E-state index contributed by atoms with van der Waals surface area (Å²) in [6, 6.07) is 6.38. The monoisotopic (exact) mass is 280 g/mol. The molecule has 0 aliphatic heterocycles. The van der Waals surface area contributed by atoms with Gasteiger partial charge in [-0.25, -0.2) is 0 Å². The fraction of sp³-hybridized carbons (Fsp3) is 0.647. The zero-order chi connectivity index (χ0) is 13.9. The van der Waals surface area contributed by atoms with E-state index >= 15 is 0 Å². The van der Waals surface area contributed by atoms with Crippen molar-refractivity contribution in [1.82, 2.24) is 0 Å². The SMILES string of the molecule is CCOc1ccc(C)cc1C(Cl)C1(CC)CCCC1. The van der Waals surface area contributed by atoms with E-state index in [4.69, 9.17) is 16.3 Å². The standard InChI is InChI=1S/C17H25ClO/c1-4-17(10-6-7-11-17)16(18)14-12-13(3)8-9-15(14)19-5-2/h8-9,12,16H,4-7,10-11H2,1-3H3. The zero-order valence-corrected chi connectivity index (χ0v) is 13.1. The lowest BCUT2D eigenvalue weighted by molar-refractivity contribution is 0.262. The number of hydrogen-bond acceptors (Lipinski definition) is 1. The molecular formula is C17H25ClO. The molecule has 1 aliphatic rings. The molecule has 0 saturated heterocycles. The van der Waals surface area contributed by atoms with Crippen molar-refractivity contribution >= 4 is 11.6 Å². The Labute approximate surface area is 122 Å². The van der Waals surface area contributed by atoms with Crippen LogP contribution in [0.2, 0.25) is 0 Å². The number of rotatable bonds is 5. The van der Waals surface area contributed by atoms with Crippen LogP contribution < -0.4 is 4.74 Å². The molecule has 0 radical (unpaired) electrons. The van der Waals surface area contributed by atoms with Gasteiger partial charge >= 0.3 is 0 Å². The summed E-state index contributed by atoms with van der Waals surface area (Å²) in [5.74, 6) is 0.966. The van der Waals surface area contributed by atoms with E-state index in [0.717, 1.165) is 12.2 Å². The van der Waals surface area contributed by atoms with Crippen molar-refractivity contribution < 1.29 is 4.74 Å². The fourth-order valence-corrected chi connectivity index (χ4v) is 3.89. The fourth-order valence-electron chi connectivity index (χ4n) is 3.35. The average molecular weight is 281 g/mol. The van der Waals surface area contributed by atoms with Crippen molar-refractivity contribution in [2.24, 2.45) is 5.41 Å². The molecule has 1 saturated carbocycles. The highest BCUT2D eigenvalue weighted by Gasteiger charge is 2.40. The summed E-state index contributed by atoms with van der Waals surface area (Å²) in [7, 11) is 0. The summed E-state index contributed by atoms with van der Waals surface area (Å²) in [5.41, 5.74) is 2.71. The van der Waals surface area contributed by atoms with E-state index in [1.165, 1.54) is 36.8 Å². The van der Waals surface area contributed by atoms with Gasteiger partial charge < -0.3 is 4.74 Å². The molecular weight excluding hydrogens is 256 g/mol. The van der Waals surface area contributed by atoms with E-state index in [1.807, 2.05) is 6.92 Å². The first kappa shape index (κ1) is 14.7. The maximum atomic E-state index is 6.90. The molecule has 0 spiro atoms. The Kier molecular flexibility index (Phi) is 4.78. The first-order chi connectivity index (χ1) is 9.13. The summed E-state index contributed by atoms with van der Waals surface area (Å²) >= 11 is 6.90. The summed E-state index contributed by atoms with van der Waals surface area (Å²) in [5, 5.41) is 0.0708. The molecule has 0 amide bonds. The van der Waals surface area contributed by atoms with Crippen molar-refractivity contribution in [3.8, 4) is 5.75 Å². The summed E-state index contributed by atoms with van der Waals surface area (Å²) in [6.45, 7) is 7.11. The van der Waals surface area contributed by atoms with Crippen LogP contribution in [-0.2, 0) is 0 Å². The third kappa shape index (κ3) is 2.91. The van der Waals surface area contributed by atoms with Gasteiger partial charge in [0.25, 0.3) is 0 Å². The van der Waals surface area contributed by atoms with E-state index in [2.05, 4.69) is 32.0 Å². The van der Waals surface area contributed by atoms with Crippen LogP contribution in [0.15, 0.2) is 18.2 Å². The first-order valence-electron chi connectivity index (χ1n) is 7.50. The minimum Gasteiger partial charge on any atom is -0.494 e. The molecule has 0 heterocycles. The Hall–Kier alpha value is -0.690. The molecule has 1 unspecified atom stereocenters. The van der Waals surface area contributed by atoms with E-state index in [0.29, 0.717) is 6.61 Å². The van der Waals surface area contributed by atoms with Crippen molar-refractivity contribution in [3.63, 3.8) is 0 Å². The van der Waals surface area contributed by atoms with Crippen LogP contribution in [0.1, 0.15) is 62.5 Å². The maximum absolute atomic E-state index is 6.90. The van der Waals surface area contributed by atoms with Crippen molar-refractivity contribution in [2.45, 2.75) is 58.3 Å². The van der Waals surface area contributed by atoms with E-state index < -0.39 is 0 Å². The summed E-state index contributed by atoms with van der Waals surface area (Å²) < 4.78 is 5.78. The number of aryl methyl sites for hydroxylation is 1. The highest BCUT2D eigenvalue weighted by Crippen LogP contribution is 2.54. The highest BCUT2D eigenvalue weighted by atomic mass is 35.5. The van der Waals surface area contributed by atoms with Crippen LogP contribution in [-0.4, -0.2) is 6.61 Å². The second kappa shape index (κ2) is 6.17. The average Bonchev–Trinajstić information content (AvgIpc) is 2.90. The minimum atomic E-state index is 0.0708. The van der Waals surface area contributed by atoms with Crippen LogP contribution in [0.3, 0.4) is 0 Å². The van der Waals surface area contributed by atoms with Gasteiger partial charge in [0.1, 0.15) is 5.75 Å². The second-order valence-corrected chi connectivity index (χ2v) is 6.20. The van der Waals surface area contributed by atoms with Crippen LogP contribution in [0.25, 0.3) is 0 Å². The molecule has 1 nitrogen and oxygen atoms in total. The maximum Gasteiger partial charge on any atom is 0.124 e. The van der Waals surface area contributed by atoms with Crippen molar-refractivity contribution in [2.75, 3.05) is 6.61 Å². The van der Waals surface area contributed by atoms with Crippen LogP contribution in [0.4, 0.5) is 0 Å². The lowest BCUT2D eigenvalue weighted by Gasteiger charge is -2.34. The molecule has 1 aromatic carbocycles. The van der Waals surface area contributed by atoms with Crippen molar-refractivity contribution in [1.29, 1.82) is 0 Å². The van der Waals surface area contributed by atoms with E-state index in [1.54, 1.807) is 0 Å². The van der Waals surface area contributed by atoms with Crippen LogP contribution >= 0.6 is 11.6 Å². The zero-order valence-electron chi connectivity index (χ0n) is 12.3. The summed E-state index contributed by atoms with van der Waals surface area (Å²) in [6.07, 6.45) is 6.27. The Morgan fingerprint density at radius 2 is 1.95 bits per heavy atom. The Bertz CT molecular complexity index is 421. The van der Waals surface area contributed by atoms with Gasteiger partial charge in [0.05, 0.1) is 12.0 Å². The number of halogens is 1. The van der Waals surface area contributed by atoms with E-state index in [-0.39, 0.29) is 10.8 Å². The molecule has 1 atom stereocenters. The van der Waals surface area contributed by atoms with Gasteiger partial charge in [-0.2, -0.15) is 0 Å². The van der Waals surface area contributed by atoms with Gasteiger partial charge in [0, 0.05) is 5.56 Å². The van der Waals surface area contributed by atoms with Gasteiger partial charge in [0.15, 0.2) is 0 Å². The topological polar surface area (TPSA) is 9.23 Å². The van der Waals surface area contributed by atoms with Gasteiger partial charge in [-0.1, -0.05) is 37.5 Å². The molecule has 0 N–H and O–H groups in total. The molecule has 0 aromatic heterocycles. The van der Waals surface area contributed by atoms with Gasteiger partial charge in [0.2, 0.25) is 0 Å². The molecule has 0 bridgehead atoms. The second-order valence-electron chi connectivity index (χ2n) is 5.76. The highest BCUT2D eigenvalue weighted by molar-refractivity contribution is 6.21. The van der Waals surface area contributed by atoms with Gasteiger partial charge in [-0.3, -0.25) is 0 Å². The molecule has 1 fully saturated rings. The number of hydrogen-bond donors (Lipinski definition) is 0. The quantitative estimate of drug-likeness (QED) is 0.634. The Morgan fingerprint density at radius 1 is 1.26 bits per heavy atom. The number of alkyl halides is 1. The minimum absolute atomic E-state index is 0.0708. The molecule has 106 valence electrons. The first-order valence-corrected chi connectivity index (χ1v) is 7.94. The lowest BCUT2D eigenvalue weighted by Crippen LogP contribution is -2.22. The Balaban J connectivity index is 2.36. The Morgan fingerprint density at radius 3 is 2.53 bits per heavy atom. The number of ether oxygens (including phenoxy) is 1. The molecule has 1 aromatic rings.